The maximum atomic E-state index is 11.9. The molecular formula is C16H20O. The van der Waals surface area contributed by atoms with Crippen LogP contribution in [0.1, 0.15) is 42.6 Å². The van der Waals surface area contributed by atoms with Gasteiger partial charge in [-0.3, -0.25) is 4.79 Å². The first-order valence-electron chi connectivity index (χ1n) is 6.09. The van der Waals surface area contributed by atoms with Crippen molar-refractivity contribution in [2.75, 3.05) is 0 Å². The topological polar surface area (TPSA) is 17.1 Å². The van der Waals surface area contributed by atoms with Crippen LogP contribution in [0.3, 0.4) is 0 Å². The Labute approximate surface area is 104 Å². The van der Waals surface area contributed by atoms with Crippen molar-refractivity contribution in [3.8, 4) is 0 Å². The molecule has 1 aromatic carbocycles. The Hall–Kier alpha value is -1.63. The normalized spacial score (nSPS) is 12.1. The van der Waals surface area contributed by atoms with Gasteiger partial charge in [-0.25, -0.2) is 0 Å². The van der Waals surface area contributed by atoms with Crippen LogP contribution in [-0.2, 0) is 0 Å². The van der Waals surface area contributed by atoms with E-state index in [1.165, 1.54) is 0 Å². The smallest absolute Gasteiger partial charge is 0.186 e. The maximum absolute atomic E-state index is 11.9. The number of aryl methyl sites for hydroxylation is 1. The van der Waals surface area contributed by atoms with E-state index in [2.05, 4.69) is 13.0 Å². The Morgan fingerprint density at radius 1 is 1.35 bits per heavy atom. The average Bonchev–Trinajstić information content (AvgIpc) is 2.29. The van der Waals surface area contributed by atoms with Crippen LogP contribution >= 0.6 is 0 Å². The molecule has 0 aliphatic heterocycles. The van der Waals surface area contributed by atoms with Gasteiger partial charge in [0.25, 0.3) is 0 Å². The molecule has 0 heterocycles. The van der Waals surface area contributed by atoms with Gasteiger partial charge in [-0.05, 0) is 38.0 Å². The van der Waals surface area contributed by atoms with Crippen molar-refractivity contribution in [3.63, 3.8) is 0 Å². The van der Waals surface area contributed by atoms with E-state index in [-0.39, 0.29) is 5.78 Å². The number of unbranched alkanes of at least 4 members (excludes halogenated alkanes) is 1. The van der Waals surface area contributed by atoms with E-state index in [4.69, 9.17) is 0 Å². The zero-order valence-electron chi connectivity index (χ0n) is 10.9. The predicted octanol–water partition coefficient (Wildman–Crippen LogP) is 4.48. The number of hydrogen-bond donors (Lipinski definition) is 0. The molecule has 0 aliphatic carbocycles. The van der Waals surface area contributed by atoms with Gasteiger partial charge in [-0.1, -0.05) is 49.3 Å². The summed E-state index contributed by atoms with van der Waals surface area (Å²) < 4.78 is 0. The Balaban J connectivity index is 2.74. The lowest BCUT2D eigenvalue weighted by Crippen LogP contribution is -1.95. The highest BCUT2D eigenvalue weighted by Gasteiger charge is 2.01. The van der Waals surface area contributed by atoms with E-state index >= 15 is 0 Å². The summed E-state index contributed by atoms with van der Waals surface area (Å²) in [4.78, 5) is 11.9. The molecule has 0 amide bonds. The van der Waals surface area contributed by atoms with Crippen molar-refractivity contribution in [3.05, 3.63) is 59.2 Å². The van der Waals surface area contributed by atoms with Gasteiger partial charge in [-0.2, -0.15) is 0 Å². The fraction of sp³-hybridized carbons (Fsp3) is 0.312. The summed E-state index contributed by atoms with van der Waals surface area (Å²) in [5, 5.41) is 0. The molecule has 0 bridgehead atoms. The van der Waals surface area contributed by atoms with Gasteiger partial charge in [0.05, 0.1) is 0 Å². The van der Waals surface area contributed by atoms with Gasteiger partial charge in [0.1, 0.15) is 0 Å². The SMILES string of the molecule is CCC/C=C/C(C)=C/C(=O)c1cccc(C)c1. The third kappa shape index (κ3) is 4.81. The molecule has 1 aromatic rings. The minimum Gasteiger partial charge on any atom is -0.289 e. The molecule has 0 aromatic heterocycles. The van der Waals surface area contributed by atoms with Crippen molar-refractivity contribution < 1.29 is 4.79 Å². The third-order valence-corrected chi connectivity index (χ3v) is 2.50. The van der Waals surface area contributed by atoms with E-state index in [1.54, 1.807) is 6.08 Å². The van der Waals surface area contributed by atoms with Crippen LogP contribution in [-0.4, -0.2) is 5.78 Å². The van der Waals surface area contributed by atoms with Crippen LogP contribution in [0.2, 0.25) is 0 Å². The van der Waals surface area contributed by atoms with Gasteiger partial charge in [0.2, 0.25) is 0 Å². The van der Waals surface area contributed by atoms with E-state index < -0.39 is 0 Å². The van der Waals surface area contributed by atoms with Crippen molar-refractivity contribution in [1.82, 2.24) is 0 Å². The Kier molecular flexibility index (Phi) is 5.41. The molecule has 0 saturated heterocycles. The molecule has 90 valence electrons. The molecule has 1 rings (SSSR count). The number of hydrogen-bond acceptors (Lipinski definition) is 1. The first-order valence-corrected chi connectivity index (χ1v) is 6.09. The average molecular weight is 228 g/mol. The number of rotatable bonds is 5. The van der Waals surface area contributed by atoms with Gasteiger partial charge < -0.3 is 0 Å². The van der Waals surface area contributed by atoms with Gasteiger partial charge >= 0.3 is 0 Å². The van der Waals surface area contributed by atoms with E-state index in [0.29, 0.717) is 0 Å². The summed E-state index contributed by atoms with van der Waals surface area (Å²) in [5.74, 6) is 0.0762. The van der Waals surface area contributed by atoms with E-state index in [1.807, 2.05) is 44.2 Å². The summed E-state index contributed by atoms with van der Waals surface area (Å²) in [6.45, 7) is 6.09. The van der Waals surface area contributed by atoms with E-state index in [9.17, 15) is 4.79 Å². The Morgan fingerprint density at radius 2 is 2.12 bits per heavy atom. The molecule has 0 saturated carbocycles. The molecule has 1 heteroatoms. The van der Waals surface area contributed by atoms with Gasteiger partial charge in [-0.15, -0.1) is 0 Å². The van der Waals surface area contributed by atoms with E-state index in [0.717, 1.165) is 29.5 Å². The monoisotopic (exact) mass is 228 g/mol. The fourth-order valence-electron chi connectivity index (χ4n) is 1.57. The maximum Gasteiger partial charge on any atom is 0.186 e. The lowest BCUT2D eigenvalue weighted by Gasteiger charge is -1.98. The molecule has 0 spiro atoms. The first kappa shape index (κ1) is 13.4. The zero-order chi connectivity index (χ0) is 12.7. The highest BCUT2D eigenvalue weighted by molar-refractivity contribution is 6.05. The van der Waals surface area contributed by atoms with Gasteiger partial charge in [0.15, 0.2) is 5.78 Å². The zero-order valence-corrected chi connectivity index (χ0v) is 10.9. The van der Waals surface area contributed by atoms with Crippen LogP contribution in [0.5, 0.6) is 0 Å². The second-order valence-corrected chi connectivity index (χ2v) is 4.31. The van der Waals surface area contributed by atoms with Crippen LogP contribution < -0.4 is 0 Å². The summed E-state index contributed by atoms with van der Waals surface area (Å²) in [5.41, 5.74) is 2.88. The summed E-state index contributed by atoms with van der Waals surface area (Å²) >= 11 is 0. The highest BCUT2D eigenvalue weighted by Crippen LogP contribution is 2.08. The molecule has 0 fully saturated rings. The summed E-state index contributed by atoms with van der Waals surface area (Å²) in [6.07, 6.45) is 8.01. The standard InChI is InChI=1S/C16H20O/c1-4-5-6-8-14(3)12-16(17)15-10-7-9-13(2)11-15/h6-12H,4-5H2,1-3H3/b8-6+,14-12+. The molecule has 0 N–H and O–H groups in total. The van der Waals surface area contributed by atoms with Crippen molar-refractivity contribution in [1.29, 1.82) is 0 Å². The molecule has 0 radical (unpaired) electrons. The minimum atomic E-state index is 0.0762. The van der Waals surface area contributed by atoms with Gasteiger partial charge in [0, 0.05) is 5.56 Å². The second kappa shape index (κ2) is 6.85. The molecule has 1 nitrogen and oxygen atoms in total. The van der Waals surface area contributed by atoms with Crippen molar-refractivity contribution >= 4 is 5.78 Å². The van der Waals surface area contributed by atoms with Crippen LogP contribution in [0.4, 0.5) is 0 Å². The Morgan fingerprint density at radius 3 is 2.76 bits per heavy atom. The van der Waals surface area contributed by atoms with Crippen LogP contribution in [0.25, 0.3) is 0 Å². The largest absolute Gasteiger partial charge is 0.289 e. The number of allylic oxidation sites excluding steroid dienone is 4. The van der Waals surface area contributed by atoms with Crippen LogP contribution in [0, 0.1) is 6.92 Å². The minimum absolute atomic E-state index is 0.0762. The summed E-state index contributed by atoms with van der Waals surface area (Å²) in [6, 6.07) is 7.68. The third-order valence-electron chi connectivity index (χ3n) is 2.50. The predicted molar refractivity (Wildman–Crippen MR) is 73.3 cm³/mol. The number of benzene rings is 1. The molecule has 0 aliphatic rings. The van der Waals surface area contributed by atoms with Crippen molar-refractivity contribution in [2.24, 2.45) is 0 Å². The number of carbonyl (C=O) groups is 1. The quantitative estimate of drug-likeness (QED) is 0.412. The molecule has 0 atom stereocenters. The lowest BCUT2D eigenvalue weighted by atomic mass is 10.1. The van der Waals surface area contributed by atoms with Crippen molar-refractivity contribution in [2.45, 2.75) is 33.6 Å². The highest BCUT2D eigenvalue weighted by atomic mass is 16.1. The number of ketones is 1. The Bertz CT molecular complexity index is 439. The summed E-state index contributed by atoms with van der Waals surface area (Å²) in [7, 11) is 0. The lowest BCUT2D eigenvalue weighted by molar-refractivity contribution is 0.104. The molecule has 17 heavy (non-hydrogen) atoms. The number of carbonyl (C=O) groups excluding carboxylic acids is 1. The molecule has 0 unspecified atom stereocenters. The first-order chi connectivity index (χ1) is 8.13. The fourth-order valence-corrected chi connectivity index (χ4v) is 1.57. The second-order valence-electron chi connectivity index (χ2n) is 4.31. The molecular weight excluding hydrogens is 208 g/mol. The van der Waals surface area contributed by atoms with Crippen LogP contribution in [0.15, 0.2) is 48.1 Å².